The first-order valence-electron chi connectivity index (χ1n) is 6.24. The molecule has 1 unspecified atom stereocenters. The Kier molecular flexibility index (Phi) is 6.39. The summed E-state index contributed by atoms with van der Waals surface area (Å²) in [5.41, 5.74) is 1.97. The van der Waals surface area contributed by atoms with Crippen LogP contribution >= 0.6 is 0 Å². The fourth-order valence-electron chi connectivity index (χ4n) is 1.73. The Morgan fingerprint density at radius 3 is 2.78 bits per heavy atom. The molecule has 0 saturated carbocycles. The van der Waals surface area contributed by atoms with Crippen molar-refractivity contribution in [3.8, 4) is 0 Å². The van der Waals surface area contributed by atoms with Crippen LogP contribution in [0.4, 0.5) is 5.69 Å². The van der Waals surface area contributed by atoms with Gasteiger partial charge in [-0.1, -0.05) is 18.2 Å². The van der Waals surface area contributed by atoms with Crippen LogP contribution in [0.2, 0.25) is 0 Å². The van der Waals surface area contributed by atoms with Gasteiger partial charge in [-0.05, 0) is 32.0 Å². The lowest BCUT2D eigenvalue weighted by Crippen LogP contribution is -2.18. The Morgan fingerprint density at radius 2 is 2.11 bits per heavy atom. The Labute approximate surface area is 109 Å². The van der Waals surface area contributed by atoms with Crippen molar-refractivity contribution >= 4 is 11.6 Å². The van der Waals surface area contributed by atoms with Gasteiger partial charge < -0.3 is 15.4 Å². The smallest absolute Gasteiger partial charge is 0.224 e. The fourth-order valence-corrected chi connectivity index (χ4v) is 1.73. The first-order chi connectivity index (χ1) is 8.69. The number of carbonyl (C=O) groups excluding carboxylic acids is 1. The first kappa shape index (κ1) is 14.7. The summed E-state index contributed by atoms with van der Waals surface area (Å²) in [4.78, 5) is 11.8. The van der Waals surface area contributed by atoms with E-state index in [1.807, 2.05) is 31.3 Å². The highest BCUT2D eigenvalue weighted by Gasteiger charge is 2.10. The number of para-hydroxylation sites is 1. The molecule has 18 heavy (non-hydrogen) atoms. The highest BCUT2D eigenvalue weighted by Crippen LogP contribution is 2.22. The molecule has 0 spiro atoms. The van der Waals surface area contributed by atoms with E-state index in [4.69, 9.17) is 4.74 Å². The zero-order chi connectivity index (χ0) is 13.4. The molecule has 1 atom stereocenters. The molecule has 0 fully saturated rings. The molecule has 0 heterocycles. The normalized spacial score (nSPS) is 12.2. The lowest BCUT2D eigenvalue weighted by molar-refractivity contribution is -0.116. The molecule has 0 aliphatic heterocycles. The van der Waals surface area contributed by atoms with Crippen molar-refractivity contribution in [1.29, 1.82) is 0 Å². The Morgan fingerprint density at radius 1 is 1.39 bits per heavy atom. The highest BCUT2D eigenvalue weighted by molar-refractivity contribution is 5.91. The van der Waals surface area contributed by atoms with Crippen LogP contribution in [0.5, 0.6) is 0 Å². The SMILES string of the molecule is CNC(C)c1ccccc1NC(=O)CCCOC. The third kappa shape index (κ3) is 4.47. The van der Waals surface area contributed by atoms with Crippen LogP contribution in [-0.4, -0.2) is 26.7 Å². The number of carbonyl (C=O) groups is 1. The van der Waals surface area contributed by atoms with Crippen molar-refractivity contribution < 1.29 is 9.53 Å². The Bertz CT molecular complexity index is 380. The number of rotatable bonds is 7. The third-order valence-corrected chi connectivity index (χ3v) is 2.89. The van der Waals surface area contributed by atoms with Gasteiger partial charge in [0.15, 0.2) is 0 Å². The molecule has 4 heteroatoms. The van der Waals surface area contributed by atoms with Crippen LogP contribution in [-0.2, 0) is 9.53 Å². The second-order valence-electron chi connectivity index (χ2n) is 4.24. The van der Waals surface area contributed by atoms with E-state index < -0.39 is 0 Å². The molecule has 1 rings (SSSR count). The van der Waals surface area contributed by atoms with E-state index >= 15 is 0 Å². The van der Waals surface area contributed by atoms with E-state index in [0.29, 0.717) is 13.0 Å². The standard InChI is InChI=1S/C14H22N2O2/c1-11(15-2)12-7-4-5-8-13(12)16-14(17)9-6-10-18-3/h4-5,7-8,11,15H,6,9-10H2,1-3H3,(H,16,17). The molecule has 1 aromatic carbocycles. The molecular formula is C14H22N2O2. The molecular weight excluding hydrogens is 228 g/mol. The summed E-state index contributed by atoms with van der Waals surface area (Å²) >= 11 is 0. The molecule has 0 aliphatic rings. The minimum Gasteiger partial charge on any atom is -0.385 e. The summed E-state index contributed by atoms with van der Waals surface area (Å²) in [5.74, 6) is 0.0304. The minimum atomic E-state index is 0.0304. The summed E-state index contributed by atoms with van der Waals surface area (Å²) in [6.45, 7) is 2.68. The van der Waals surface area contributed by atoms with Gasteiger partial charge >= 0.3 is 0 Å². The number of nitrogens with one attached hydrogen (secondary N) is 2. The molecule has 0 radical (unpaired) electrons. The largest absolute Gasteiger partial charge is 0.385 e. The number of amides is 1. The number of benzene rings is 1. The quantitative estimate of drug-likeness (QED) is 0.730. The van der Waals surface area contributed by atoms with Gasteiger partial charge in [0.2, 0.25) is 5.91 Å². The van der Waals surface area contributed by atoms with E-state index in [1.54, 1.807) is 7.11 Å². The summed E-state index contributed by atoms with van der Waals surface area (Å²) in [7, 11) is 3.55. The average molecular weight is 250 g/mol. The maximum absolute atomic E-state index is 11.8. The molecule has 100 valence electrons. The predicted octanol–water partition coefficient (Wildman–Crippen LogP) is 2.33. The second-order valence-corrected chi connectivity index (χ2v) is 4.24. The zero-order valence-electron chi connectivity index (χ0n) is 11.3. The Hall–Kier alpha value is -1.39. The fraction of sp³-hybridized carbons (Fsp3) is 0.500. The van der Waals surface area contributed by atoms with E-state index in [0.717, 1.165) is 17.7 Å². The number of methoxy groups -OCH3 is 1. The molecule has 0 aromatic heterocycles. The molecule has 2 N–H and O–H groups in total. The molecule has 1 aromatic rings. The van der Waals surface area contributed by atoms with Crippen LogP contribution in [0.1, 0.15) is 31.4 Å². The van der Waals surface area contributed by atoms with E-state index in [9.17, 15) is 4.79 Å². The van der Waals surface area contributed by atoms with Gasteiger partial charge in [0.25, 0.3) is 0 Å². The molecule has 0 saturated heterocycles. The van der Waals surface area contributed by atoms with Crippen LogP contribution < -0.4 is 10.6 Å². The van der Waals surface area contributed by atoms with Gasteiger partial charge in [-0.25, -0.2) is 0 Å². The third-order valence-electron chi connectivity index (χ3n) is 2.89. The van der Waals surface area contributed by atoms with E-state index in [-0.39, 0.29) is 11.9 Å². The van der Waals surface area contributed by atoms with Gasteiger partial charge in [0, 0.05) is 31.9 Å². The maximum atomic E-state index is 11.8. The zero-order valence-corrected chi connectivity index (χ0v) is 11.3. The molecule has 4 nitrogen and oxygen atoms in total. The van der Waals surface area contributed by atoms with E-state index in [2.05, 4.69) is 17.6 Å². The van der Waals surface area contributed by atoms with Crippen molar-refractivity contribution in [1.82, 2.24) is 5.32 Å². The topological polar surface area (TPSA) is 50.4 Å². The summed E-state index contributed by atoms with van der Waals surface area (Å²) < 4.78 is 4.93. The lowest BCUT2D eigenvalue weighted by Gasteiger charge is -2.16. The number of anilines is 1. The maximum Gasteiger partial charge on any atom is 0.224 e. The van der Waals surface area contributed by atoms with Crippen molar-refractivity contribution in [3.05, 3.63) is 29.8 Å². The summed E-state index contributed by atoms with van der Waals surface area (Å²) in [5, 5.41) is 6.13. The van der Waals surface area contributed by atoms with Gasteiger partial charge in [-0.2, -0.15) is 0 Å². The number of hydrogen-bond donors (Lipinski definition) is 2. The minimum absolute atomic E-state index is 0.0304. The van der Waals surface area contributed by atoms with Crippen LogP contribution in [0, 0.1) is 0 Å². The van der Waals surface area contributed by atoms with Gasteiger partial charge in [0.05, 0.1) is 0 Å². The van der Waals surface area contributed by atoms with Gasteiger partial charge in [-0.3, -0.25) is 4.79 Å². The average Bonchev–Trinajstić information content (AvgIpc) is 2.39. The highest BCUT2D eigenvalue weighted by atomic mass is 16.5. The van der Waals surface area contributed by atoms with Crippen molar-refractivity contribution in [2.75, 3.05) is 26.1 Å². The van der Waals surface area contributed by atoms with E-state index in [1.165, 1.54) is 0 Å². The van der Waals surface area contributed by atoms with Crippen LogP contribution in [0.15, 0.2) is 24.3 Å². The van der Waals surface area contributed by atoms with Crippen molar-refractivity contribution in [2.45, 2.75) is 25.8 Å². The monoisotopic (exact) mass is 250 g/mol. The molecule has 0 aliphatic carbocycles. The lowest BCUT2D eigenvalue weighted by atomic mass is 10.1. The van der Waals surface area contributed by atoms with Crippen molar-refractivity contribution in [2.24, 2.45) is 0 Å². The number of hydrogen-bond acceptors (Lipinski definition) is 3. The van der Waals surface area contributed by atoms with Crippen molar-refractivity contribution in [3.63, 3.8) is 0 Å². The number of ether oxygens (including phenoxy) is 1. The van der Waals surface area contributed by atoms with Crippen LogP contribution in [0.3, 0.4) is 0 Å². The first-order valence-corrected chi connectivity index (χ1v) is 6.24. The van der Waals surface area contributed by atoms with Crippen LogP contribution in [0.25, 0.3) is 0 Å². The predicted molar refractivity (Wildman–Crippen MR) is 73.7 cm³/mol. The molecule has 0 bridgehead atoms. The van der Waals surface area contributed by atoms with Gasteiger partial charge in [0.1, 0.15) is 0 Å². The summed E-state index contributed by atoms with van der Waals surface area (Å²) in [6.07, 6.45) is 1.22. The molecule has 1 amide bonds. The Balaban J connectivity index is 2.63. The second kappa shape index (κ2) is 7.84. The summed E-state index contributed by atoms with van der Waals surface area (Å²) in [6, 6.07) is 8.06. The van der Waals surface area contributed by atoms with Gasteiger partial charge in [-0.15, -0.1) is 0 Å².